The Kier molecular flexibility index (Phi) is 19.2. The molecule has 0 unspecified atom stereocenters. The summed E-state index contributed by atoms with van der Waals surface area (Å²) in [5.41, 5.74) is 4.99. The number of carboxylic acids is 1. The van der Waals surface area contributed by atoms with Gasteiger partial charge in [0.05, 0.1) is 6.42 Å². The van der Waals surface area contributed by atoms with Crippen molar-refractivity contribution in [2.24, 2.45) is 5.73 Å². The Morgan fingerprint density at radius 1 is 0.727 bits per heavy atom. The Morgan fingerprint density at radius 2 is 1.15 bits per heavy atom. The summed E-state index contributed by atoms with van der Waals surface area (Å²) in [6.07, 6.45) is 18.6. The monoisotopic (exact) mass is 469 g/mol. The molecule has 0 aromatic carbocycles. The minimum atomic E-state index is -1.40. The highest BCUT2D eigenvalue weighted by atomic mass is 16.4. The molecule has 33 heavy (non-hydrogen) atoms. The van der Waals surface area contributed by atoms with Gasteiger partial charge in [-0.15, -0.1) is 0 Å². The van der Waals surface area contributed by atoms with Crippen molar-refractivity contribution in [3.05, 3.63) is 0 Å². The smallest absolute Gasteiger partial charge is 0.326 e. The molecule has 0 radical (unpaired) electrons. The van der Waals surface area contributed by atoms with Crippen LogP contribution in [0.3, 0.4) is 0 Å². The molecule has 0 fully saturated rings. The third-order valence-electron chi connectivity index (χ3n) is 5.80. The van der Waals surface area contributed by atoms with Crippen LogP contribution < -0.4 is 16.4 Å². The number of carbonyl (C=O) groups excluding carboxylic acids is 3. The standard InChI is InChI=1S/C25H47N3O5/c1-3-4-5-6-7-8-9-10-11-12-13-14-15-16-17-18-23(30)27-20(2)24(31)28-21(25(32)33)19-22(26)29/h20-21H,3-19H2,1-2H3,(H2,26,29)(H,27,30)(H,28,31)(H,32,33)/t20-,21-/m0/s1. The van der Waals surface area contributed by atoms with Gasteiger partial charge in [0.25, 0.3) is 0 Å². The number of nitrogens with two attached hydrogens (primary N) is 1. The van der Waals surface area contributed by atoms with Crippen LogP contribution in [-0.2, 0) is 19.2 Å². The summed E-state index contributed by atoms with van der Waals surface area (Å²) in [4.78, 5) is 46.0. The van der Waals surface area contributed by atoms with Crippen molar-refractivity contribution in [1.29, 1.82) is 0 Å². The van der Waals surface area contributed by atoms with E-state index in [2.05, 4.69) is 17.6 Å². The van der Waals surface area contributed by atoms with Crippen molar-refractivity contribution in [1.82, 2.24) is 10.6 Å². The summed E-state index contributed by atoms with van der Waals surface area (Å²) < 4.78 is 0. The van der Waals surface area contributed by atoms with Gasteiger partial charge < -0.3 is 21.5 Å². The van der Waals surface area contributed by atoms with Gasteiger partial charge in [-0.2, -0.15) is 0 Å². The van der Waals surface area contributed by atoms with Gasteiger partial charge in [-0.05, 0) is 13.3 Å². The molecule has 8 heteroatoms. The van der Waals surface area contributed by atoms with Crippen LogP contribution in [0.2, 0.25) is 0 Å². The molecule has 0 aliphatic rings. The van der Waals surface area contributed by atoms with E-state index in [1.807, 2.05) is 0 Å². The number of rotatable bonds is 22. The van der Waals surface area contributed by atoms with E-state index in [4.69, 9.17) is 10.8 Å². The number of unbranched alkanes of at least 4 members (excludes halogenated alkanes) is 14. The Morgan fingerprint density at radius 3 is 1.55 bits per heavy atom. The molecule has 192 valence electrons. The van der Waals surface area contributed by atoms with Crippen molar-refractivity contribution in [2.75, 3.05) is 0 Å². The van der Waals surface area contributed by atoms with Crippen LogP contribution in [0.25, 0.3) is 0 Å². The van der Waals surface area contributed by atoms with Crippen molar-refractivity contribution < 1.29 is 24.3 Å². The van der Waals surface area contributed by atoms with Gasteiger partial charge in [0.1, 0.15) is 12.1 Å². The number of nitrogens with one attached hydrogen (secondary N) is 2. The Balaban J connectivity index is 3.67. The molecule has 0 heterocycles. The topological polar surface area (TPSA) is 139 Å². The number of aliphatic carboxylic acids is 1. The first-order chi connectivity index (χ1) is 15.8. The van der Waals surface area contributed by atoms with Crippen LogP contribution in [-0.4, -0.2) is 40.9 Å². The third-order valence-corrected chi connectivity index (χ3v) is 5.80. The number of carboxylic acid groups (broad SMARTS) is 1. The highest BCUT2D eigenvalue weighted by Crippen LogP contribution is 2.13. The third kappa shape index (κ3) is 19.1. The van der Waals surface area contributed by atoms with E-state index in [-0.39, 0.29) is 5.91 Å². The summed E-state index contributed by atoms with van der Waals surface area (Å²) in [6, 6.07) is -2.28. The lowest BCUT2D eigenvalue weighted by atomic mass is 10.0. The number of carbonyl (C=O) groups is 4. The second-order valence-corrected chi connectivity index (χ2v) is 9.06. The Bertz CT molecular complexity index is 568. The largest absolute Gasteiger partial charge is 0.480 e. The predicted octanol–water partition coefficient (Wildman–Crippen LogP) is 4.20. The van der Waals surface area contributed by atoms with Gasteiger partial charge in [-0.25, -0.2) is 4.79 Å². The van der Waals surface area contributed by atoms with Gasteiger partial charge in [-0.1, -0.05) is 96.8 Å². The maximum atomic E-state index is 12.0. The molecule has 0 bridgehead atoms. The fourth-order valence-electron chi connectivity index (χ4n) is 3.73. The molecule has 3 amide bonds. The van der Waals surface area contributed by atoms with E-state index < -0.39 is 36.3 Å². The van der Waals surface area contributed by atoms with E-state index in [1.165, 1.54) is 84.0 Å². The summed E-state index contributed by atoms with van der Waals surface area (Å²) in [7, 11) is 0. The number of hydrogen-bond acceptors (Lipinski definition) is 4. The van der Waals surface area contributed by atoms with Crippen LogP contribution in [0.5, 0.6) is 0 Å². The molecule has 0 aromatic heterocycles. The number of primary amides is 1. The zero-order valence-electron chi connectivity index (χ0n) is 20.8. The van der Waals surface area contributed by atoms with E-state index in [0.29, 0.717) is 6.42 Å². The molecule has 0 saturated carbocycles. The molecular weight excluding hydrogens is 422 g/mol. The van der Waals surface area contributed by atoms with Crippen LogP contribution in [0.15, 0.2) is 0 Å². The van der Waals surface area contributed by atoms with Crippen molar-refractivity contribution >= 4 is 23.7 Å². The van der Waals surface area contributed by atoms with E-state index in [0.717, 1.165) is 19.3 Å². The van der Waals surface area contributed by atoms with Crippen LogP contribution in [0, 0.1) is 0 Å². The summed E-state index contributed by atoms with van der Waals surface area (Å²) in [5, 5.41) is 13.8. The molecule has 2 atom stereocenters. The van der Waals surface area contributed by atoms with Crippen molar-refractivity contribution in [2.45, 2.75) is 135 Å². The lowest BCUT2D eigenvalue weighted by molar-refractivity contribution is -0.143. The fourth-order valence-corrected chi connectivity index (χ4v) is 3.73. The second kappa shape index (κ2) is 20.5. The number of amides is 3. The maximum Gasteiger partial charge on any atom is 0.326 e. The van der Waals surface area contributed by atoms with E-state index in [1.54, 1.807) is 0 Å². The first-order valence-electron chi connectivity index (χ1n) is 12.9. The quantitative estimate of drug-likeness (QED) is 0.176. The molecule has 0 saturated heterocycles. The van der Waals surface area contributed by atoms with Crippen LogP contribution in [0.1, 0.15) is 123 Å². The molecule has 8 nitrogen and oxygen atoms in total. The Hall–Kier alpha value is -2.12. The van der Waals surface area contributed by atoms with Gasteiger partial charge in [0.15, 0.2) is 0 Å². The highest BCUT2D eigenvalue weighted by Gasteiger charge is 2.25. The van der Waals surface area contributed by atoms with Crippen molar-refractivity contribution in [3.63, 3.8) is 0 Å². The lowest BCUT2D eigenvalue weighted by Gasteiger charge is -2.17. The summed E-state index contributed by atoms with van der Waals surface area (Å²) in [6.45, 7) is 3.72. The normalized spacial score (nSPS) is 12.7. The molecule has 0 aromatic rings. The van der Waals surface area contributed by atoms with Crippen LogP contribution >= 0.6 is 0 Å². The lowest BCUT2D eigenvalue weighted by Crippen LogP contribution is -2.51. The second-order valence-electron chi connectivity index (χ2n) is 9.06. The SMILES string of the molecule is CCCCCCCCCCCCCCCCCC(=O)N[C@@H](C)C(=O)N[C@@H](CC(N)=O)C(=O)O. The molecule has 5 N–H and O–H groups in total. The molecule has 0 rings (SSSR count). The zero-order chi connectivity index (χ0) is 24.9. The maximum absolute atomic E-state index is 12.0. The van der Waals surface area contributed by atoms with Gasteiger partial charge in [-0.3, -0.25) is 14.4 Å². The van der Waals surface area contributed by atoms with Gasteiger partial charge in [0.2, 0.25) is 17.7 Å². The highest BCUT2D eigenvalue weighted by molar-refractivity contribution is 5.91. The minimum Gasteiger partial charge on any atom is -0.480 e. The number of hydrogen-bond donors (Lipinski definition) is 4. The van der Waals surface area contributed by atoms with E-state index in [9.17, 15) is 19.2 Å². The molecule has 0 aliphatic heterocycles. The first kappa shape index (κ1) is 30.9. The van der Waals surface area contributed by atoms with Crippen LogP contribution in [0.4, 0.5) is 0 Å². The molecule has 0 aliphatic carbocycles. The van der Waals surface area contributed by atoms with Gasteiger partial charge in [0, 0.05) is 6.42 Å². The molecule has 0 spiro atoms. The first-order valence-corrected chi connectivity index (χ1v) is 12.9. The Labute approximate surface area is 199 Å². The average Bonchev–Trinajstić information content (AvgIpc) is 2.75. The average molecular weight is 470 g/mol. The fraction of sp³-hybridized carbons (Fsp3) is 0.840. The minimum absolute atomic E-state index is 0.242. The van der Waals surface area contributed by atoms with Crippen molar-refractivity contribution in [3.8, 4) is 0 Å². The summed E-state index contributed by atoms with van der Waals surface area (Å²) >= 11 is 0. The van der Waals surface area contributed by atoms with Gasteiger partial charge >= 0.3 is 5.97 Å². The van der Waals surface area contributed by atoms with E-state index >= 15 is 0 Å². The zero-order valence-corrected chi connectivity index (χ0v) is 20.8. The molecular formula is C25H47N3O5. The summed E-state index contributed by atoms with van der Waals surface area (Å²) in [5.74, 6) is -3.08. The predicted molar refractivity (Wildman–Crippen MR) is 131 cm³/mol.